The molecule has 0 aliphatic carbocycles. The van der Waals surface area contributed by atoms with Gasteiger partial charge in [0, 0.05) is 0 Å². The molecule has 0 unspecified atom stereocenters. The van der Waals surface area contributed by atoms with Gasteiger partial charge in [0.05, 0.1) is 0 Å². The molecular weight excluding hydrogens is 1130 g/mol. The van der Waals surface area contributed by atoms with Gasteiger partial charge in [0.1, 0.15) is 0 Å². The normalized spacial score (nSPS) is 11.6. The van der Waals surface area contributed by atoms with Crippen molar-refractivity contribution >= 4 is 108 Å². The zero-order chi connectivity index (χ0) is 62.1. The summed E-state index contributed by atoms with van der Waals surface area (Å²) >= 11 is 0. The van der Waals surface area contributed by atoms with Crippen molar-refractivity contribution in [2.75, 3.05) is 0 Å². The predicted molar refractivity (Wildman–Crippen MR) is 406 cm³/mol. The largest absolute Gasteiger partial charge is 0.0616 e. The van der Waals surface area contributed by atoms with E-state index in [4.69, 9.17) is 0 Å². The summed E-state index contributed by atoms with van der Waals surface area (Å²) in [5.74, 6) is 0. The van der Waals surface area contributed by atoms with Crippen molar-refractivity contribution in [3.05, 3.63) is 364 Å². The lowest BCUT2D eigenvalue weighted by molar-refractivity contribution is 1.61. The summed E-state index contributed by atoms with van der Waals surface area (Å²) < 4.78 is 0. The molecule has 0 aromatic heterocycles. The highest BCUT2D eigenvalue weighted by Gasteiger charge is 2.18. The van der Waals surface area contributed by atoms with Crippen molar-refractivity contribution in [2.45, 2.75) is 0 Å². The molecule has 19 aromatic carbocycles. The second-order valence-corrected chi connectivity index (χ2v) is 25.0. The monoisotopic (exact) mass is 1190 g/mol. The van der Waals surface area contributed by atoms with Gasteiger partial charge in [-0.25, -0.2) is 0 Å². The van der Waals surface area contributed by atoms with Crippen LogP contribution in [-0.2, 0) is 0 Å². The van der Waals surface area contributed by atoms with E-state index in [1.165, 1.54) is 186 Å². The molecule has 94 heavy (non-hydrogen) atoms. The van der Waals surface area contributed by atoms with Crippen LogP contribution in [0.25, 0.3) is 186 Å². The third-order valence-electron chi connectivity index (χ3n) is 19.6. The van der Waals surface area contributed by atoms with Crippen molar-refractivity contribution < 1.29 is 0 Å². The molecule has 0 fully saturated rings. The van der Waals surface area contributed by atoms with Crippen LogP contribution in [-0.4, -0.2) is 0 Å². The molecular formula is C94H60. The molecule has 436 valence electrons. The van der Waals surface area contributed by atoms with E-state index in [1.54, 1.807) is 0 Å². The molecule has 0 aliphatic rings. The molecule has 0 amide bonds. The van der Waals surface area contributed by atoms with E-state index >= 15 is 0 Å². The molecule has 0 aliphatic heterocycles. The Hall–Kier alpha value is -12.2. The molecule has 19 rings (SSSR count). The first-order valence-corrected chi connectivity index (χ1v) is 32.6. The van der Waals surface area contributed by atoms with Gasteiger partial charge in [-0.1, -0.05) is 309 Å². The molecule has 0 nitrogen and oxygen atoms in total. The van der Waals surface area contributed by atoms with Gasteiger partial charge in [-0.15, -0.1) is 0 Å². The SMILES string of the molecule is c1ccc2c(-c3cc(-c4cc5ccccc5c5ccccc45)cc(-c4cc5ccccc5c5ccccc45)c3)cccc2c1.c1ccc2cc(-c3ccc(-c4cc5c6ccccc6c(-c6ccc(-c7ccc8ccccc8c7)cc6)cc5c5ccccc45)cc3)ccc2c1. The quantitative estimate of drug-likeness (QED) is 0.140. The van der Waals surface area contributed by atoms with E-state index in [9.17, 15) is 0 Å². The lowest BCUT2D eigenvalue weighted by atomic mass is 9.87. The standard InChI is InChI=1S/C50H32.C44H28/c1-3-11-39-29-41(27-21-33(39)9-1)35-17-23-37(24-18-35)47-31-49-46-16-8-6-14-44(46)48(32-50(49)45-15-7-5-13-43(45)47)38-25-19-36(20-26-38)42-28-22-34-10-2-4-12-40(34)30-42;1-4-16-35-29(12-1)15-11-23-38(35)32-24-33(43-27-30-13-2-5-17-36(30)39-19-7-9-21-41(39)43)26-34(25-32)44-28-31-14-3-6-18-37(31)40-20-8-10-22-42(40)44/h1-32H;1-28H. The highest BCUT2D eigenvalue weighted by molar-refractivity contribution is 6.24. The first-order valence-electron chi connectivity index (χ1n) is 32.6. The summed E-state index contributed by atoms with van der Waals surface area (Å²) in [5, 5.41) is 25.5. The van der Waals surface area contributed by atoms with Crippen LogP contribution < -0.4 is 0 Å². The number of fused-ring (bicyclic) bond motifs is 14. The van der Waals surface area contributed by atoms with Crippen molar-refractivity contribution in [1.82, 2.24) is 0 Å². The summed E-state index contributed by atoms with van der Waals surface area (Å²) in [4.78, 5) is 0. The van der Waals surface area contributed by atoms with Crippen LogP contribution in [0.15, 0.2) is 364 Å². The Balaban J connectivity index is 0.000000139. The van der Waals surface area contributed by atoms with Crippen LogP contribution in [0.3, 0.4) is 0 Å². The van der Waals surface area contributed by atoms with E-state index in [0.29, 0.717) is 0 Å². The summed E-state index contributed by atoms with van der Waals surface area (Å²) in [6.45, 7) is 0. The van der Waals surface area contributed by atoms with E-state index in [2.05, 4.69) is 364 Å². The fraction of sp³-hybridized carbons (Fsp3) is 0. The molecule has 0 saturated heterocycles. The van der Waals surface area contributed by atoms with Gasteiger partial charge >= 0.3 is 0 Å². The highest BCUT2D eigenvalue weighted by atomic mass is 14.2. The third kappa shape index (κ3) is 9.63. The van der Waals surface area contributed by atoms with Crippen molar-refractivity contribution in [1.29, 1.82) is 0 Å². The lowest BCUT2D eigenvalue weighted by Gasteiger charge is -2.17. The van der Waals surface area contributed by atoms with Gasteiger partial charge in [0.2, 0.25) is 0 Å². The number of hydrogen-bond acceptors (Lipinski definition) is 0. The molecule has 0 spiro atoms. The Bertz CT molecular complexity index is 5860. The summed E-state index contributed by atoms with van der Waals surface area (Å²) in [7, 11) is 0. The molecule has 19 aromatic rings. The average molecular weight is 1190 g/mol. The zero-order valence-electron chi connectivity index (χ0n) is 51.6. The number of benzene rings is 19. The minimum absolute atomic E-state index is 1.23. The van der Waals surface area contributed by atoms with Gasteiger partial charge < -0.3 is 0 Å². The fourth-order valence-electron chi connectivity index (χ4n) is 15.0. The smallest absolute Gasteiger partial charge is 0.00923 e. The Morgan fingerprint density at radius 1 is 0.0957 bits per heavy atom. The van der Waals surface area contributed by atoms with Crippen LogP contribution in [0.5, 0.6) is 0 Å². The summed E-state index contributed by atoms with van der Waals surface area (Å²) in [6, 6.07) is 134. The third-order valence-corrected chi connectivity index (χ3v) is 19.6. The maximum Gasteiger partial charge on any atom is -0.00923 e. The van der Waals surface area contributed by atoms with E-state index in [-0.39, 0.29) is 0 Å². The van der Waals surface area contributed by atoms with Crippen LogP contribution in [0.4, 0.5) is 0 Å². The molecule has 0 heterocycles. The molecule has 0 saturated carbocycles. The maximum atomic E-state index is 2.41. The lowest BCUT2D eigenvalue weighted by Crippen LogP contribution is -1.90. The molecule has 0 radical (unpaired) electrons. The van der Waals surface area contributed by atoms with Crippen LogP contribution in [0, 0.1) is 0 Å². The van der Waals surface area contributed by atoms with Crippen LogP contribution in [0.1, 0.15) is 0 Å². The van der Waals surface area contributed by atoms with Gasteiger partial charge in [-0.3, -0.25) is 0 Å². The molecule has 0 atom stereocenters. The predicted octanol–water partition coefficient (Wildman–Crippen LogP) is 26.6. The first-order chi connectivity index (χ1) is 46.6. The Morgan fingerprint density at radius 2 is 0.372 bits per heavy atom. The van der Waals surface area contributed by atoms with Crippen molar-refractivity contribution in [3.8, 4) is 77.9 Å². The second kappa shape index (κ2) is 22.9. The molecule has 0 N–H and O–H groups in total. The number of hydrogen-bond donors (Lipinski definition) is 0. The fourth-order valence-corrected chi connectivity index (χ4v) is 15.0. The Labute approximate surface area is 546 Å². The van der Waals surface area contributed by atoms with E-state index in [1.807, 2.05) is 0 Å². The Morgan fingerprint density at radius 3 is 0.787 bits per heavy atom. The van der Waals surface area contributed by atoms with Crippen molar-refractivity contribution in [2.24, 2.45) is 0 Å². The van der Waals surface area contributed by atoms with E-state index in [0.717, 1.165) is 0 Å². The van der Waals surface area contributed by atoms with Gasteiger partial charge in [-0.05, 0) is 240 Å². The minimum atomic E-state index is 1.23. The van der Waals surface area contributed by atoms with Gasteiger partial charge in [0.15, 0.2) is 0 Å². The summed E-state index contributed by atoms with van der Waals surface area (Å²) in [5.41, 5.74) is 17.4. The first kappa shape index (κ1) is 54.7. The van der Waals surface area contributed by atoms with Gasteiger partial charge in [0.25, 0.3) is 0 Å². The Kier molecular flexibility index (Phi) is 13.3. The second-order valence-electron chi connectivity index (χ2n) is 25.0. The minimum Gasteiger partial charge on any atom is -0.0616 e. The highest BCUT2D eigenvalue weighted by Crippen LogP contribution is 2.45. The number of rotatable bonds is 7. The summed E-state index contributed by atoms with van der Waals surface area (Å²) in [6.07, 6.45) is 0. The van der Waals surface area contributed by atoms with Crippen molar-refractivity contribution in [3.63, 3.8) is 0 Å². The zero-order valence-corrected chi connectivity index (χ0v) is 51.6. The maximum absolute atomic E-state index is 2.41. The van der Waals surface area contributed by atoms with Gasteiger partial charge in [-0.2, -0.15) is 0 Å². The van der Waals surface area contributed by atoms with Crippen LogP contribution >= 0.6 is 0 Å². The van der Waals surface area contributed by atoms with E-state index < -0.39 is 0 Å². The molecule has 0 heteroatoms. The topological polar surface area (TPSA) is 0 Å². The average Bonchev–Trinajstić information content (AvgIpc) is 0.753. The molecule has 0 bridgehead atoms. The van der Waals surface area contributed by atoms with Crippen LogP contribution in [0.2, 0.25) is 0 Å².